The summed E-state index contributed by atoms with van der Waals surface area (Å²) >= 11 is 0. The number of carbonyl (C=O) groups excluding carboxylic acids is 1. The van der Waals surface area contributed by atoms with E-state index < -0.39 is 0 Å². The third kappa shape index (κ3) is 5.54. The van der Waals surface area contributed by atoms with Gasteiger partial charge in [-0.05, 0) is 63.6 Å². The first kappa shape index (κ1) is 25.8. The fourth-order valence-corrected chi connectivity index (χ4v) is 4.57. The van der Waals surface area contributed by atoms with Crippen molar-refractivity contribution in [1.82, 2.24) is 24.6 Å². The molecule has 1 saturated heterocycles. The van der Waals surface area contributed by atoms with Crippen molar-refractivity contribution in [3.8, 4) is 11.3 Å². The molecule has 0 atom stereocenters. The Balaban J connectivity index is 0.000000529. The largest absolute Gasteiger partial charge is 0.381 e. The first-order chi connectivity index (χ1) is 18.4. The number of imidazole rings is 1. The molecule has 1 fully saturated rings. The van der Waals surface area contributed by atoms with Crippen molar-refractivity contribution >= 4 is 23.1 Å². The first-order valence-corrected chi connectivity index (χ1v) is 13.0. The number of aromatic nitrogens is 3. The number of hydrogen-bond donors (Lipinski definition) is 2. The van der Waals surface area contributed by atoms with E-state index in [4.69, 9.17) is 9.72 Å². The summed E-state index contributed by atoms with van der Waals surface area (Å²) in [5.74, 6) is 0.213. The van der Waals surface area contributed by atoms with Crippen LogP contribution in [0.4, 0.5) is 15.9 Å². The molecule has 2 aliphatic rings. The lowest BCUT2D eigenvalue weighted by Crippen LogP contribution is -2.26. The van der Waals surface area contributed by atoms with Crippen LogP contribution in [-0.2, 0) is 17.8 Å². The molecule has 6 rings (SSSR count). The second kappa shape index (κ2) is 11.3. The lowest BCUT2D eigenvalue weighted by molar-refractivity contribution is 0.0966. The summed E-state index contributed by atoms with van der Waals surface area (Å²) in [6, 6.07) is 12.9. The molecule has 198 valence electrons. The summed E-state index contributed by atoms with van der Waals surface area (Å²) in [5.41, 5.74) is 5.33. The maximum absolute atomic E-state index is 13.6. The maximum atomic E-state index is 13.6. The highest BCUT2D eigenvalue weighted by atomic mass is 19.1. The van der Waals surface area contributed by atoms with Crippen molar-refractivity contribution in [1.29, 1.82) is 0 Å². The quantitative estimate of drug-likeness (QED) is 0.368. The number of benzene rings is 1. The smallest absolute Gasteiger partial charge is 0.254 e. The summed E-state index contributed by atoms with van der Waals surface area (Å²) in [7, 11) is 2.07. The van der Waals surface area contributed by atoms with E-state index in [9.17, 15) is 9.18 Å². The molecule has 0 aliphatic carbocycles. The first-order valence-electron chi connectivity index (χ1n) is 13.0. The van der Waals surface area contributed by atoms with E-state index >= 15 is 0 Å². The Kier molecular flexibility index (Phi) is 7.67. The summed E-state index contributed by atoms with van der Waals surface area (Å²) < 4.78 is 20.4. The van der Waals surface area contributed by atoms with Crippen molar-refractivity contribution < 1.29 is 13.9 Å². The zero-order chi connectivity index (χ0) is 26.6. The number of hydrogen-bond acceptors (Lipinski definition) is 6. The lowest BCUT2D eigenvalue weighted by Gasteiger charge is -2.20. The van der Waals surface area contributed by atoms with E-state index in [0.717, 1.165) is 42.3 Å². The van der Waals surface area contributed by atoms with Gasteiger partial charge in [-0.2, -0.15) is 0 Å². The average molecular weight is 517 g/mol. The average Bonchev–Trinajstić information content (AvgIpc) is 3.67. The van der Waals surface area contributed by atoms with Gasteiger partial charge >= 0.3 is 0 Å². The number of anilines is 2. The number of ether oxygens (including phenoxy) is 1. The molecule has 0 spiro atoms. The second-order valence-corrected chi connectivity index (χ2v) is 9.88. The molecule has 2 aliphatic heterocycles. The Hall–Kier alpha value is -3.82. The standard InChI is InChI=1S/C25H25FN6O.C4H8O/c1-15(2)31(3)14-17-5-4-6-22(29-17)30-20-8-7-18(19-12-28-25(33)24(19)20)21-13-27-23-11-16(26)9-10-32(21)23;1-2-4-5-3-1/h4-11,13,15H,12,14H2,1-3H3,(H,28,33)(H,29,30);1-4H2. The SMILES string of the molecule is C1CCOC1.CC(C)N(C)Cc1cccc(Nc2ccc(-c3cnc4cc(F)ccn34)c3c2C(=O)NC3)n1. The van der Waals surface area contributed by atoms with E-state index in [0.29, 0.717) is 35.3 Å². The highest BCUT2D eigenvalue weighted by molar-refractivity contribution is 6.06. The molecule has 9 heteroatoms. The third-order valence-electron chi connectivity index (χ3n) is 6.91. The van der Waals surface area contributed by atoms with Gasteiger partial charge in [-0.3, -0.25) is 14.1 Å². The summed E-state index contributed by atoms with van der Waals surface area (Å²) in [6.45, 7) is 7.44. The number of nitrogens with one attached hydrogen (secondary N) is 2. The van der Waals surface area contributed by atoms with Gasteiger partial charge in [-0.25, -0.2) is 14.4 Å². The molecule has 5 heterocycles. The molecule has 0 bridgehead atoms. The fraction of sp³-hybridized carbons (Fsp3) is 0.345. The fourth-order valence-electron chi connectivity index (χ4n) is 4.57. The topological polar surface area (TPSA) is 83.8 Å². The Labute approximate surface area is 221 Å². The van der Waals surface area contributed by atoms with E-state index in [1.54, 1.807) is 12.4 Å². The lowest BCUT2D eigenvalue weighted by atomic mass is 9.99. The predicted octanol–water partition coefficient (Wildman–Crippen LogP) is 5.16. The normalized spacial score (nSPS) is 14.5. The van der Waals surface area contributed by atoms with E-state index in [1.165, 1.54) is 25.0 Å². The third-order valence-corrected chi connectivity index (χ3v) is 6.91. The zero-order valence-electron chi connectivity index (χ0n) is 22.0. The van der Waals surface area contributed by atoms with Gasteiger partial charge in [0.05, 0.1) is 28.8 Å². The van der Waals surface area contributed by atoms with Gasteiger partial charge in [-0.1, -0.05) is 12.1 Å². The van der Waals surface area contributed by atoms with Crippen LogP contribution in [0.3, 0.4) is 0 Å². The van der Waals surface area contributed by atoms with Crippen LogP contribution in [0.1, 0.15) is 48.3 Å². The van der Waals surface area contributed by atoms with E-state index in [1.807, 2.05) is 34.7 Å². The highest BCUT2D eigenvalue weighted by Crippen LogP contribution is 2.35. The molecular formula is C29H33FN6O2. The van der Waals surface area contributed by atoms with Crippen LogP contribution in [-0.4, -0.2) is 51.5 Å². The monoisotopic (exact) mass is 516 g/mol. The minimum atomic E-state index is -0.337. The number of halogens is 1. The van der Waals surface area contributed by atoms with Crippen molar-refractivity contribution in [2.24, 2.45) is 0 Å². The van der Waals surface area contributed by atoms with Crippen LogP contribution in [0.15, 0.2) is 54.9 Å². The van der Waals surface area contributed by atoms with Gasteiger partial charge in [-0.15, -0.1) is 0 Å². The van der Waals surface area contributed by atoms with Gasteiger partial charge < -0.3 is 15.4 Å². The molecule has 1 aromatic carbocycles. The Morgan fingerprint density at radius 3 is 2.74 bits per heavy atom. The second-order valence-electron chi connectivity index (χ2n) is 9.88. The van der Waals surface area contributed by atoms with E-state index in [-0.39, 0.29) is 11.7 Å². The molecule has 0 unspecified atom stereocenters. The Morgan fingerprint density at radius 2 is 2.00 bits per heavy atom. The summed E-state index contributed by atoms with van der Waals surface area (Å²) in [4.78, 5) is 24.0. The van der Waals surface area contributed by atoms with Crippen LogP contribution < -0.4 is 10.6 Å². The number of pyridine rings is 2. The van der Waals surface area contributed by atoms with Gasteiger partial charge in [0.1, 0.15) is 17.3 Å². The Bertz CT molecular complexity index is 1440. The molecule has 0 radical (unpaired) electrons. The number of amides is 1. The van der Waals surface area contributed by atoms with Crippen molar-refractivity contribution in [3.63, 3.8) is 0 Å². The molecular weight excluding hydrogens is 483 g/mol. The number of rotatable bonds is 6. The molecule has 38 heavy (non-hydrogen) atoms. The van der Waals surface area contributed by atoms with Gasteiger partial charge in [0.25, 0.3) is 5.91 Å². The van der Waals surface area contributed by atoms with Crippen LogP contribution in [0.5, 0.6) is 0 Å². The summed E-state index contributed by atoms with van der Waals surface area (Å²) in [6.07, 6.45) is 5.91. The molecule has 0 saturated carbocycles. The minimum absolute atomic E-state index is 0.134. The van der Waals surface area contributed by atoms with Gasteiger partial charge in [0.15, 0.2) is 0 Å². The number of fused-ring (bicyclic) bond motifs is 2. The van der Waals surface area contributed by atoms with Gasteiger partial charge in [0, 0.05) is 50.2 Å². The van der Waals surface area contributed by atoms with Crippen molar-refractivity contribution in [3.05, 3.63) is 77.5 Å². The molecule has 1 amide bonds. The predicted molar refractivity (Wildman–Crippen MR) is 146 cm³/mol. The molecule has 3 aromatic heterocycles. The zero-order valence-corrected chi connectivity index (χ0v) is 22.0. The highest BCUT2D eigenvalue weighted by Gasteiger charge is 2.27. The van der Waals surface area contributed by atoms with Crippen LogP contribution in [0.25, 0.3) is 16.9 Å². The van der Waals surface area contributed by atoms with Crippen LogP contribution in [0.2, 0.25) is 0 Å². The van der Waals surface area contributed by atoms with Crippen LogP contribution >= 0.6 is 0 Å². The number of carbonyl (C=O) groups is 1. The maximum Gasteiger partial charge on any atom is 0.254 e. The van der Waals surface area contributed by atoms with Crippen LogP contribution in [0, 0.1) is 5.82 Å². The van der Waals surface area contributed by atoms with E-state index in [2.05, 4.69) is 41.4 Å². The molecule has 4 aromatic rings. The molecule has 2 N–H and O–H groups in total. The molecule has 8 nitrogen and oxygen atoms in total. The Morgan fingerprint density at radius 1 is 1.18 bits per heavy atom. The number of nitrogens with zero attached hydrogens (tertiary/aromatic N) is 4. The minimum Gasteiger partial charge on any atom is -0.381 e. The van der Waals surface area contributed by atoms with Gasteiger partial charge in [0.2, 0.25) is 0 Å². The summed E-state index contributed by atoms with van der Waals surface area (Å²) in [5, 5.41) is 6.26. The van der Waals surface area contributed by atoms with Crippen molar-refractivity contribution in [2.75, 3.05) is 25.6 Å². The van der Waals surface area contributed by atoms with Crippen molar-refractivity contribution in [2.45, 2.75) is 45.8 Å².